The van der Waals surface area contributed by atoms with E-state index in [1.54, 1.807) is 18.2 Å². The van der Waals surface area contributed by atoms with Crippen molar-refractivity contribution in [2.24, 2.45) is 0 Å². The smallest absolute Gasteiger partial charge is 0.269 e. The number of para-hydroxylation sites is 2. The van der Waals surface area contributed by atoms with Gasteiger partial charge in [-0.15, -0.1) is 0 Å². The van der Waals surface area contributed by atoms with Crippen LogP contribution < -0.4 is 20.1 Å². The van der Waals surface area contributed by atoms with Gasteiger partial charge in [-0.3, -0.25) is 9.59 Å². The van der Waals surface area contributed by atoms with Crippen LogP contribution in [0.2, 0.25) is 0 Å². The third-order valence-corrected chi connectivity index (χ3v) is 4.63. The normalized spacial score (nSPS) is 20.6. The van der Waals surface area contributed by atoms with Gasteiger partial charge in [0.05, 0.1) is 6.42 Å². The maximum atomic E-state index is 12.6. The summed E-state index contributed by atoms with van der Waals surface area (Å²) in [5.41, 5.74) is 1.56. The van der Waals surface area contributed by atoms with Gasteiger partial charge >= 0.3 is 0 Å². The molecule has 2 aromatic carbocycles. The molecule has 140 valence electrons. The summed E-state index contributed by atoms with van der Waals surface area (Å²) in [4.78, 5) is 24.5. The van der Waals surface area contributed by atoms with Gasteiger partial charge in [0.25, 0.3) is 5.91 Å². The van der Waals surface area contributed by atoms with E-state index in [0.717, 1.165) is 18.4 Å². The Morgan fingerprint density at radius 1 is 1.00 bits per heavy atom. The molecule has 0 radical (unpaired) electrons. The van der Waals surface area contributed by atoms with E-state index >= 15 is 0 Å². The van der Waals surface area contributed by atoms with Gasteiger partial charge in [-0.2, -0.15) is 0 Å². The highest BCUT2D eigenvalue weighted by Crippen LogP contribution is 2.33. The number of anilines is 1. The van der Waals surface area contributed by atoms with Gasteiger partial charge in [0.1, 0.15) is 6.10 Å². The number of hydrogen-bond donors (Lipinski definition) is 2. The summed E-state index contributed by atoms with van der Waals surface area (Å²) in [6, 6.07) is 14.9. The molecule has 2 amide bonds. The Morgan fingerprint density at radius 3 is 2.33 bits per heavy atom. The molecule has 4 rings (SSSR count). The van der Waals surface area contributed by atoms with Crippen molar-refractivity contribution in [3.8, 4) is 11.5 Å². The van der Waals surface area contributed by atoms with Gasteiger partial charge < -0.3 is 20.1 Å². The molecule has 1 aliphatic heterocycles. The summed E-state index contributed by atoms with van der Waals surface area (Å²) < 4.78 is 11.6. The first-order chi connectivity index (χ1) is 13.1. The van der Waals surface area contributed by atoms with Crippen LogP contribution in [-0.4, -0.2) is 30.1 Å². The van der Waals surface area contributed by atoms with Crippen molar-refractivity contribution in [3.63, 3.8) is 0 Å². The van der Waals surface area contributed by atoms with E-state index in [0.29, 0.717) is 29.6 Å². The van der Waals surface area contributed by atoms with Crippen molar-refractivity contribution in [2.45, 2.75) is 44.4 Å². The van der Waals surface area contributed by atoms with Crippen LogP contribution in [0.5, 0.6) is 11.5 Å². The van der Waals surface area contributed by atoms with Gasteiger partial charge in [0.15, 0.2) is 11.5 Å². The molecule has 2 aliphatic rings. The number of benzene rings is 2. The minimum absolute atomic E-state index is 0.0366. The molecule has 6 heteroatoms. The molecule has 1 saturated carbocycles. The molecule has 2 N–H and O–H groups in total. The molecule has 2 aromatic rings. The summed E-state index contributed by atoms with van der Waals surface area (Å²) in [6.45, 7) is 1.81. The third kappa shape index (κ3) is 4.22. The monoisotopic (exact) mass is 366 g/mol. The van der Waals surface area contributed by atoms with Gasteiger partial charge in [-0.05, 0) is 49.6 Å². The second kappa shape index (κ2) is 7.31. The van der Waals surface area contributed by atoms with E-state index in [9.17, 15) is 9.59 Å². The van der Waals surface area contributed by atoms with E-state index in [1.165, 1.54) is 0 Å². The number of fused-ring (bicyclic) bond motifs is 1. The lowest BCUT2D eigenvalue weighted by atomic mass is 10.1. The number of ether oxygens (including phenoxy) is 2. The minimum Gasteiger partial charge on any atom is -0.482 e. The van der Waals surface area contributed by atoms with Crippen LogP contribution in [0.3, 0.4) is 0 Å². The lowest BCUT2D eigenvalue weighted by Crippen LogP contribution is -2.46. The molecule has 0 unspecified atom stereocenters. The van der Waals surface area contributed by atoms with Crippen molar-refractivity contribution in [1.82, 2.24) is 5.32 Å². The fourth-order valence-electron chi connectivity index (χ4n) is 3.02. The molecular formula is C21H22N2O4. The van der Waals surface area contributed by atoms with Crippen LogP contribution in [0.15, 0.2) is 48.5 Å². The first-order valence-corrected chi connectivity index (χ1v) is 9.20. The van der Waals surface area contributed by atoms with Crippen LogP contribution >= 0.6 is 0 Å². The highest BCUT2D eigenvalue weighted by Gasteiger charge is 2.34. The average Bonchev–Trinajstić information content (AvgIpc) is 3.46. The Morgan fingerprint density at radius 2 is 1.67 bits per heavy atom. The quantitative estimate of drug-likeness (QED) is 0.853. The lowest BCUT2D eigenvalue weighted by molar-refractivity contribution is -0.128. The van der Waals surface area contributed by atoms with E-state index in [4.69, 9.17) is 9.47 Å². The maximum Gasteiger partial charge on any atom is 0.269 e. The Labute approximate surface area is 157 Å². The Hall–Kier alpha value is -3.02. The van der Waals surface area contributed by atoms with Crippen molar-refractivity contribution < 1.29 is 19.1 Å². The molecule has 0 saturated heterocycles. The zero-order valence-electron chi connectivity index (χ0n) is 15.1. The Bertz CT molecular complexity index is 846. The van der Waals surface area contributed by atoms with Crippen LogP contribution in [0, 0.1) is 0 Å². The molecular weight excluding hydrogens is 344 g/mol. The molecule has 0 spiro atoms. The molecule has 2 atom stereocenters. The highest BCUT2D eigenvalue weighted by atomic mass is 16.6. The topological polar surface area (TPSA) is 76.7 Å². The first kappa shape index (κ1) is 17.4. The minimum atomic E-state index is -0.733. The van der Waals surface area contributed by atoms with Crippen LogP contribution in [0.1, 0.15) is 25.3 Å². The number of carbonyl (C=O) groups excluding carboxylic acids is 2. The second-order valence-electron chi connectivity index (χ2n) is 7.01. The Balaban J connectivity index is 1.35. The van der Waals surface area contributed by atoms with Crippen LogP contribution in [0.25, 0.3) is 0 Å². The molecule has 1 aliphatic carbocycles. The van der Waals surface area contributed by atoms with Gasteiger partial charge in [-0.25, -0.2) is 0 Å². The number of amides is 2. The Kier molecular flexibility index (Phi) is 4.71. The van der Waals surface area contributed by atoms with Crippen molar-refractivity contribution >= 4 is 17.5 Å². The number of rotatable bonds is 5. The largest absolute Gasteiger partial charge is 0.482 e. The van der Waals surface area contributed by atoms with E-state index < -0.39 is 12.2 Å². The van der Waals surface area contributed by atoms with Crippen molar-refractivity contribution in [1.29, 1.82) is 0 Å². The van der Waals surface area contributed by atoms with E-state index in [-0.39, 0.29) is 11.8 Å². The highest BCUT2D eigenvalue weighted by molar-refractivity contribution is 5.95. The zero-order valence-corrected chi connectivity index (χ0v) is 15.1. The molecule has 6 nitrogen and oxygen atoms in total. The summed E-state index contributed by atoms with van der Waals surface area (Å²) in [6.07, 6.45) is 1.37. The van der Waals surface area contributed by atoms with Crippen LogP contribution in [0.4, 0.5) is 5.69 Å². The average molecular weight is 366 g/mol. The summed E-state index contributed by atoms with van der Waals surface area (Å²) in [5, 5.41) is 5.82. The fourth-order valence-corrected chi connectivity index (χ4v) is 3.02. The predicted octanol–water partition coefficient (Wildman–Crippen LogP) is 2.67. The van der Waals surface area contributed by atoms with Crippen molar-refractivity contribution in [3.05, 3.63) is 54.1 Å². The van der Waals surface area contributed by atoms with Crippen molar-refractivity contribution in [2.75, 3.05) is 5.32 Å². The molecule has 1 fully saturated rings. The van der Waals surface area contributed by atoms with Gasteiger partial charge in [0, 0.05) is 11.7 Å². The first-order valence-electron chi connectivity index (χ1n) is 9.20. The lowest BCUT2D eigenvalue weighted by Gasteiger charge is -2.31. The molecule has 27 heavy (non-hydrogen) atoms. The third-order valence-electron chi connectivity index (χ3n) is 4.63. The predicted molar refractivity (Wildman–Crippen MR) is 101 cm³/mol. The number of hydrogen-bond acceptors (Lipinski definition) is 4. The summed E-state index contributed by atoms with van der Waals surface area (Å²) >= 11 is 0. The maximum absolute atomic E-state index is 12.6. The number of carbonyl (C=O) groups is 2. The molecule has 0 aromatic heterocycles. The summed E-state index contributed by atoms with van der Waals surface area (Å²) in [7, 11) is 0. The van der Waals surface area contributed by atoms with Crippen LogP contribution in [-0.2, 0) is 16.0 Å². The van der Waals surface area contributed by atoms with E-state index in [2.05, 4.69) is 10.6 Å². The zero-order chi connectivity index (χ0) is 18.8. The molecule has 0 bridgehead atoms. The fraction of sp³-hybridized carbons (Fsp3) is 0.333. The second-order valence-corrected chi connectivity index (χ2v) is 7.01. The van der Waals surface area contributed by atoms with Gasteiger partial charge in [-0.1, -0.05) is 24.3 Å². The standard InChI is InChI=1S/C21H22N2O4/c1-13-20(27-18-5-3-2-4-17(18)26-13)21(25)23-16-8-6-14(7-9-16)12-19(24)22-15-10-11-15/h2-9,13,15,20H,10-12H2,1H3,(H,22,24)(H,23,25)/t13-,20-/m0/s1. The molecule has 1 heterocycles. The van der Waals surface area contributed by atoms with E-state index in [1.807, 2.05) is 37.3 Å². The SMILES string of the molecule is C[C@@H]1Oc2ccccc2O[C@@H]1C(=O)Nc1ccc(CC(=O)NC2CC2)cc1. The number of nitrogens with one attached hydrogen (secondary N) is 2. The summed E-state index contributed by atoms with van der Waals surface area (Å²) in [5.74, 6) is 0.974. The van der Waals surface area contributed by atoms with Gasteiger partial charge in [0.2, 0.25) is 12.0 Å².